The number of carbonyl (C=O) groups excluding carboxylic acids is 1. The first-order valence-electron chi connectivity index (χ1n) is 4.75. The molecule has 1 aliphatic heterocycles. The molecule has 1 atom stereocenters. The minimum absolute atomic E-state index is 0.294. The topological polar surface area (TPSA) is 58.7 Å². The van der Waals surface area contributed by atoms with E-state index in [-0.39, 0.29) is 12.1 Å². The third kappa shape index (κ3) is 2.25. The number of halogens is 2. The zero-order valence-corrected chi connectivity index (χ0v) is 11.8. The number of aliphatic imine (C=N–C) groups is 1. The van der Waals surface area contributed by atoms with E-state index in [0.29, 0.717) is 16.7 Å². The number of amidine groups is 1. The van der Waals surface area contributed by atoms with Crippen molar-refractivity contribution >= 4 is 50.7 Å². The van der Waals surface area contributed by atoms with Gasteiger partial charge in [0, 0.05) is 15.9 Å². The second-order valence-electron chi connectivity index (χ2n) is 3.43. The average molecular weight is 335 g/mol. The highest BCUT2D eigenvalue weighted by molar-refractivity contribution is 9.10. The third-order valence-corrected chi connectivity index (χ3v) is 4.85. The van der Waals surface area contributed by atoms with Gasteiger partial charge in [-0.05, 0) is 22.0 Å². The van der Waals surface area contributed by atoms with Crippen LogP contribution in [0.5, 0.6) is 0 Å². The first-order chi connectivity index (χ1) is 8.04. The van der Waals surface area contributed by atoms with Gasteiger partial charge in [0.2, 0.25) is 0 Å². The van der Waals surface area contributed by atoms with Gasteiger partial charge in [-0.1, -0.05) is 17.7 Å². The Bertz CT molecular complexity index is 494. The molecule has 2 amide bonds. The van der Waals surface area contributed by atoms with Crippen LogP contribution in [0.1, 0.15) is 10.9 Å². The molecule has 1 aliphatic rings. The van der Waals surface area contributed by atoms with Gasteiger partial charge in [0.25, 0.3) is 0 Å². The van der Waals surface area contributed by atoms with Gasteiger partial charge in [-0.2, -0.15) is 4.99 Å². The van der Waals surface area contributed by atoms with Gasteiger partial charge in [0.1, 0.15) is 16.2 Å². The van der Waals surface area contributed by atoms with Gasteiger partial charge in [0.05, 0.1) is 0 Å². The number of urea groups is 1. The highest BCUT2D eigenvalue weighted by Gasteiger charge is 2.35. The fraction of sp³-hybridized carbons (Fsp3) is 0.200. The first-order valence-corrected chi connectivity index (χ1v) is 6.73. The molecule has 0 radical (unpaired) electrons. The van der Waals surface area contributed by atoms with E-state index in [4.69, 9.17) is 17.3 Å². The summed E-state index contributed by atoms with van der Waals surface area (Å²) in [6.07, 6.45) is 1.64. The molecule has 1 aromatic rings. The Hall–Kier alpha value is -0.850. The molecule has 2 heterocycles. The van der Waals surface area contributed by atoms with E-state index in [9.17, 15) is 4.79 Å². The summed E-state index contributed by atoms with van der Waals surface area (Å²) in [6.45, 7) is 4.02. The number of nitrogens with zero attached hydrogens (tertiary/aromatic N) is 2. The molecule has 7 heteroatoms. The SMILES string of the molecule is C=CCN1C(=O)N=C(N)C1c1cc(Br)c(Cl)s1. The summed E-state index contributed by atoms with van der Waals surface area (Å²) in [5.41, 5.74) is 5.78. The Morgan fingerprint density at radius 2 is 2.47 bits per heavy atom. The van der Waals surface area contributed by atoms with Gasteiger partial charge >= 0.3 is 6.03 Å². The summed E-state index contributed by atoms with van der Waals surface area (Å²) >= 11 is 10.7. The Kier molecular flexibility index (Phi) is 3.56. The summed E-state index contributed by atoms with van der Waals surface area (Å²) in [5, 5.41) is 0. The Morgan fingerprint density at radius 1 is 1.76 bits per heavy atom. The zero-order chi connectivity index (χ0) is 12.6. The lowest BCUT2D eigenvalue weighted by Gasteiger charge is -2.21. The van der Waals surface area contributed by atoms with Crippen molar-refractivity contribution in [3.63, 3.8) is 0 Å². The van der Waals surface area contributed by atoms with Crippen LogP contribution >= 0.6 is 38.9 Å². The van der Waals surface area contributed by atoms with Crippen LogP contribution < -0.4 is 5.73 Å². The molecular weight excluding hydrogens is 326 g/mol. The second kappa shape index (κ2) is 4.80. The largest absolute Gasteiger partial charge is 0.385 e. The molecule has 2 rings (SSSR count). The number of hydrogen-bond acceptors (Lipinski definition) is 3. The van der Waals surface area contributed by atoms with Crippen molar-refractivity contribution in [1.82, 2.24) is 4.90 Å². The van der Waals surface area contributed by atoms with E-state index in [1.807, 2.05) is 6.07 Å². The molecule has 0 saturated heterocycles. The molecule has 0 aliphatic carbocycles. The molecule has 17 heavy (non-hydrogen) atoms. The highest BCUT2D eigenvalue weighted by atomic mass is 79.9. The Labute approximate surface area is 116 Å². The Morgan fingerprint density at radius 3 is 3.00 bits per heavy atom. The van der Waals surface area contributed by atoms with Crippen molar-refractivity contribution in [3.8, 4) is 0 Å². The predicted octanol–water partition coefficient (Wildman–Crippen LogP) is 3.18. The standard InChI is InChI=1S/C10H9BrClN3OS/c1-2-3-15-7(9(13)14-10(15)16)6-4-5(11)8(12)17-6/h2,4,7H,1,3H2,(H2,13,14,16). The molecule has 0 bridgehead atoms. The lowest BCUT2D eigenvalue weighted by molar-refractivity contribution is 0.213. The summed E-state index contributed by atoms with van der Waals surface area (Å²) in [7, 11) is 0. The van der Waals surface area contributed by atoms with Crippen molar-refractivity contribution in [3.05, 3.63) is 32.4 Å². The van der Waals surface area contributed by atoms with Crippen LogP contribution in [0.15, 0.2) is 28.2 Å². The van der Waals surface area contributed by atoms with Crippen molar-refractivity contribution in [1.29, 1.82) is 0 Å². The molecular formula is C10H9BrClN3OS. The minimum Gasteiger partial charge on any atom is -0.385 e. The predicted molar refractivity (Wildman–Crippen MR) is 73.7 cm³/mol. The first kappa shape index (κ1) is 12.6. The molecule has 0 spiro atoms. The van der Waals surface area contributed by atoms with Crippen LogP contribution in [0.4, 0.5) is 4.79 Å². The molecule has 0 aromatic carbocycles. The van der Waals surface area contributed by atoms with E-state index in [1.165, 1.54) is 11.3 Å². The summed E-state index contributed by atoms with van der Waals surface area (Å²) in [5.74, 6) is 0.294. The number of hydrogen-bond donors (Lipinski definition) is 1. The van der Waals surface area contributed by atoms with E-state index in [2.05, 4.69) is 27.5 Å². The van der Waals surface area contributed by atoms with Crippen molar-refractivity contribution < 1.29 is 4.79 Å². The average Bonchev–Trinajstić information content (AvgIpc) is 2.70. The number of nitrogens with two attached hydrogens (primary N) is 1. The smallest absolute Gasteiger partial charge is 0.346 e. The van der Waals surface area contributed by atoms with Crippen LogP contribution in [0.2, 0.25) is 4.34 Å². The van der Waals surface area contributed by atoms with Crippen LogP contribution in [0.3, 0.4) is 0 Å². The van der Waals surface area contributed by atoms with E-state index < -0.39 is 0 Å². The van der Waals surface area contributed by atoms with Crippen LogP contribution in [-0.4, -0.2) is 23.3 Å². The quantitative estimate of drug-likeness (QED) is 0.863. The fourth-order valence-electron chi connectivity index (χ4n) is 1.63. The van der Waals surface area contributed by atoms with E-state index in [1.54, 1.807) is 11.0 Å². The summed E-state index contributed by atoms with van der Waals surface area (Å²) in [6, 6.07) is 1.18. The molecule has 1 unspecified atom stereocenters. The van der Waals surface area contributed by atoms with Crippen molar-refractivity contribution in [2.24, 2.45) is 10.7 Å². The maximum atomic E-state index is 11.6. The maximum Gasteiger partial charge on any atom is 0.346 e. The highest BCUT2D eigenvalue weighted by Crippen LogP contribution is 2.38. The molecule has 0 fully saturated rings. The lowest BCUT2D eigenvalue weighted by Crippen LogP contribution is -2.32. The normalized spacial score (nSPS) is 19.6. The van der Waals surface area contributed by atoms with Crippen LogP contribution in [0, 0.1) is 0 Å². The molecule has 4 nitrogen and oxygen atoms in total. The maximum absolute atomic E-state index is 11.6. The van der Waals surface area contributed by atoms with Gasteiger partial charge in [-0.15, -0.1) is 17.9 Å². The van der Waals surface area contributed by atoms with Gasteiger partial charge < -0.3 is 10.6 Å². The van der Waals surface area contributed by atoms with E-state index >= 15 is 0 Å². The third-order valence-electron chi connectivity index (χ3n) is 2.32. The van der Waals surface area contributed by atoms with Gasteiger partial charge in [0.15, 0.2) is 0 Å². The second-order valence-corrected chi connectivity index (χ2v) is 5.97. The van der Waals surface area contributed by atoms with Crippen molar-refractivity contribution in [2.45, 2.75) is 6.04 Å². The molecule has 1 aromatic heterocycles. The number of amides is 2. The number of rotatable bonds is 3. The van der Waals surface area contributed by atoms with E-state index in [0.717, 1.165) is 9.35 Å². The van der Waals surface area contributed by atoms with Gasteiger partial charge in [-0.3, -0.25) is 0 Å². The summed E-state index contributed by atoms with van der Waals surface area (Å²) < 4.78 is 1.43. The number of thiophene rings is 1. The molecule has 2 N–H and O–H groups in total. The zero-order valence-electron chi connectivity index (χ0n) is 8.69. The van der Waals surface area contributed by atoms with Gasteiger partial charge in [-0.25, -0.2) is 4.79 Å². The monoisotopic (exact) mass is 333 g/mol. The number of carbonyl (C=O) groups is 1. The van der Waals surface area contributed by atoms with Crippen LogP contribution in [0.25, 0.3) is 0 Å². The summed E-state index contributed by atoms with van der Waals surface area (Å²) in [4.78, 5) is 17.8. The molecule has 0 saturated carbocycles. The fourth-order valence-corrected chi connectivity index (χ4v) is 3.49. The lowest BCUT2D eigenvalue weighted by atomic mass is 10.2. The van der Waals surface area contributed by atoms with Crippen LogP contribution in [-0.2, 0) is 0 Å². The van der Waals surface area contributed by atoms with Crippen molar-refractivity contribution in [2.75, 3.05) is 6.54 Å². The Balaban J connectivity index is 2.38. The minimum atomic E-state index is -0.340. The molecule has 90 valence electrons.